The number of nitrogens with one attached hydrogen (secondary N) is 1. The number of β-amino-alcohol motifs (C(OH)–C–C–N with tert-alkyl or cyclic N) is 1. The van der Waals surface area contributed by atoms with Crippen LogP contribution in [-0.4, -0.2) is 24.3 Å². The van der Waals surface area contributed by atoms with E-state index in [1.54, 1.807) is 0 Å². The molecule has 2 rings (SSSR count). The predicted octanol–water partition coefficient (Wildman–Crippen LogP) is 0.757. The molecule has 1 aliphatic carbocycles. The molecule has 2 heteroatoms. The Bertz CT molecular complexity index is 136. The third-order valence-electron chi connectivity index (χ3n) is 3.22. The molecule has 1 aliphatic heterocycles. The molecular formula is C9H17NO. The molecule has 0 aromatic heterocycles. The quantitative estimate of drug-likeness (QED) is 0.541. The van der Waals surface area contributed by atoms with Gasteiger partial charge in [0.2, 0.25) is 0 Å². The van der Waals surface area contributed by atoms with Crippen molar-refractivity contribution in [1.29, 1.82) is 0 Å². The fourth-order valence-electron chi connectivity index (χ4n) is 2.56. The average molecular weight is 155 g/mol. The fourth-order valence-corrected chi connectivity index (χ4v) is 2.56. The number of hydrogen-bond donors (Lipinski definition) is 2. The maximum absolute atomic E-state index is 9.64. The smallest absolute Gasteiger partial charge is 0.0695 e. The third-order valence-corrected chi connectivity index (χ3v) is 3.22. The van der Waals surface area contributed by atoms with E-state index in [4.69, 9.17) is 0 Å². The Morgan fingerprint density at radius 2 is 1.91 bits per heavy atom. The zero-order valence-corrected chi connectivity index (χ0v) is 6.92. The molecule has 1 heterocycles. The van der Waals surface area contributed by atoms with Gasteiger partial charge in [0.05, 0.1) is 6.10 Å². The van der Waals surface area contributed by atoms with Crippen molar-refractivity contribution in [1.82, 2.24) is 5.32 Å². The van der Waals surface area contributed by atoms with Crippen molar-refractivity contribution in [2.75, 3.05) is 13.1 Å². The van der Waals surface area contributed by atoms with Gasteiger partial charge >= 0.3 is 0 Å². The number of piperidine rings is 1. The van der Waals surface area contributed by atoms with Gasteiger partial charge in [0.25, 0.3) is 0 Å². The van der Waals surface area contributed by atoms with E-state index in [1.165, 1.54) is 25.7 Å². The number of hydrogen-bond acceptors (Lipinski definition) is 2. The van der Waals surface area contributed by atoms with Gasteiger partial charge in [0.15, 0.2) is 0 Å². The minimum absolute atomic E-state index is 0.0611. The Hall–Kier alpha value is -0.0800. The topological polar surface area (TPSA) is 32.3 Å². The van der Waals surface area contributed by atoms with Crippen LogP contribution in [0.25, 0.3) is 0 Å². The molecule has 1 saturated carbocycles. The number of aliphatic hydroxyl groups is 1. The molecule has 11 heavy (non-hydrogen) atoms. The molecule has 2 N–H and O–H groups in total. The van der Waals surface area contributed by atoms with Crippen LogP contribution in [0.1, 0.15) is 25.7 Å². The van der Waals surface area contributed by atoms with Gasteiger partial charge in [0, 0.05) is 6.54 Å². The van der Waals surface area contributed by atoms with Gasteiger partial charge < -0.3 is 10.4 Å². The first-order valence-electron chi connectivity index (χ1n) is 4.76. The predicted molar refractivity (Wildman–Crippen MR) is 44.3 cm³/mol. The van der Waals surface area contributed by atoms with Crippen LogP contribution in [0.2, 0.25) is 0 Å². The van der Waals surface area contributed by atoms with Crippen molar-refractivity contribution < 1.29 is 5.11 Å². The summed E-state index contributed by atoms with van der Waals surface area (Å²) in [5.41, 5.74) is 0. The second-order valence-corrected chi connectivity index (χ2v) is 3.93. The highest BCUT2D eigenvalue weighted by Crippen LogP contribution is 2.33. The number of fused-ring (bicyclic) bond motifs is 1. The highest BCUT2D eigenvalue weighted by Gasteiger charge is 2.33. The molecule has 2 aliphatic rings. The van der Waals surface area contributed by atoms with Gasteiger partial charge in [-0.2, -0.15) is 0 Å². The van der Waals surface area contributed by atoms with Crippen LogP contribution in [-0.2, 0) is 0 Å². The summed E-state index contributed by atoms with van der Waals surface area (Å²) >= 11 is 0. The van der Waals surface area contributed by atoms with Crippen LogP contribution in [0.3, 0.4) is 0 Å². The molecular weight excluding hydrogens is 138 g/mol. The Morgan fingerprint density at radius 1 is 1.09 bits per heavy atom. The maximum Gasteiger partial charge on any atom is 0.0695 e. The Balaban J connectivity index is 1.99. The zero-order chi connectivity index (χ0) is 7.68. The molecule has 0 bridgehead atoms. The lowest BCUT2D eigenvalue weighted by Gasteiger charge is -2.39. The van der Waals surface area contributed by atoms with Gasteiger partial charge in [-0.3, -0.25) is 0 Å². The monoisotopic (exact) mass is 155 g/mol. The molecule has 0 radical (unpaired) electrons. The van der Waals surface area contributed by atoms with Crippen molar-refractivity contribution >= 4 is 0 Å². The molecule has 0 spiro atoms. The van der Waals surface area contributed by atoms with E-state index in [2.05, 4.69) is 5.32 Å². The van der Waals surface area contributed by atoms with Crippen LogP contribution >= 0.6 is 0 Å². The van der Waals surface area contributed by atoms with Crippen LogP contribution in [0.4, 0.5) is 0 Å². The molecule has 2 fully saturated rings. The molecule has 0 aromatic carbocycles. The summed E-state index contributed by atoms with van der Waals surface area (Å²) in [6.07, 6.45) is 5.23. The normalized spacial score (nSPS) is 45.0. The second kappa shape index (κ2) is 3.11. The van der Waals surface area contributed by atoms with E-state index in [1.807, 2.05) is 0 Å². The van der Waals surface area contributed by atoms with Gasteiger partial charge in [0.1, 0.15) is 0 Å². The van der Waals surface area contributed by atoms with Crippen molar-refractivity contribution in [3.05, 3.63) is 0 Å². The van der Waals surface area contributed by atoms with Crippen LogP contribution in [0.15, 0.2) is 0 Å². The third kappa shape index (κ3) is 1.42. The van der Waals surface area contributed by atoms with Gasteiger partial charge in [-0.1, -0.05) is 12.8 Å². The van der Waals surface area contributed by atoms with E-state index in [0.29, 0.717) is 5.92 Å². The summed E-state index contributed by atoms with van der Waals surface area (Å²) < 4.78 is 0. The maximum atomic E-state index is 9.64. The lowest BCUT2D eigenvalue weighted by Crippen LogP contribution is -2.47. The zero-order valence-electron chi connectivity index (χ0n) is 6.92. The van der Waals surface area contributed by atoms with Crippen molar-refractivity contribution in [3.8, 4) is 0 Å². The minimum Gasteiger partial charge on any atom is -0.392 e. The Kier molecular flexibility index (Phi) is 2.14. The summed E-state index contributed by atoms with van der Waals surface area (Å²) in [5.74, 6) is 1.39. The minimum atomic E-state index is -0.0611. The van der Waals surface area contributed by atoms with E-state index in [9.17, 15) is 5.11 Å². The Morgan fingerprint density at radius 3 is 2.73 bits per heavy atom. The molecule has 3 atom stereocenters. The summed E-state index contributed by atoms with van der Waals surface area (Å²) in [6, 6.07) is 0. The van der Waals surface area contributed by atoms with E-state index in [0.717, 1.165) is 19.0 Å². The number of aliphatic hydroxyl groups excluding tert-OH is 1. The molecule has 1 saturated heterocycles. The SMILES string of the molecule is O[C@@H]1CNC[C@@H]2CCCC[C@@H]21. The first-order valence-corrected chi connectivity index (χ1v) is 4.76. The molecule has 2 nitrogen and oxygen atoms in total. The van der Waals surface area contributed by atoms with Crippen LogP contribution in [0, 0.1) is 11.8 Å². The van der Waals surface area contributed by atoms with Crippen LogP contribution in [0.5, 0.6) is 0 Å². The van der Waals surface area contributed by atoms with E-state index >= 15 is 0 Å². The van der Waals surface area contributed by atoms with Crippen LogP contribution < -0.4 is 5.32 Å². The van der Waals surface area contributed by atoms with Gasteiger partial charge in [-0.15, -0.1) is 0 Å². The van der Waals surface area contributed by atoms with E-state index < -0.39 is 0 Å². The summed E-state index contributed by atoms with van der Waals surface area (Å²) in [6.45, 7) is 1.96. The van der Waals surface area contributed by atoms with E-state index in [-0.39, 0.29) is 6.10 Å². The lowest BCUT2D eigenvalue weighted by molar-refractivity contribution is 0.0227. The fraction of sp³-hybridized carbons (Fsp3) is 1.00. The average Bonchev–Trinajstić information content (AvgIpc) is 2.06. The van der Waals surface area contributed by atoms with Gasteiger partial charge in [-0.25, -0.2) is 0 Å². The highest BCUT2D eigenvalue weighted by molar-refractivity contribution is 4.86. The first-order chi connectivity index (χ1) is 5.38. The number of rotatable bonds is 0. The summed E-state index contributed by atoms with van der Waals surface area (Å²) in [4.78, 5) is 0. The lowest BCUT2D eigenvalue weighted by atomic mass is 9.74. The second-order valence-electron chi connectivity index (χ2n) is 3.93. The van der Waals surface area contributed by atoms with Crippen molar-refractivity contribution in [2.45, 2.75) is 31.8 Å². The molecule has 0 unspecified atom stereocenters. The molecule has 0 aromatic rings. The highest BCUT2D eigenvalue weighted by atomic mass is 16.3. The van der Waals surface area contributed by atoms with Crippen molar-refractivity contribution in [2.24, 2.45) is 11.8 Å². The summed E-state index contributed by atoms with van der Waals surface area (Å²) in [7, 11) is 0. The summed E-state index contributed by atoms with van der Waals surface area (Å²) in [5, 5.41) is 12.9. The largest absolute Gasteiger partial charge is 0.392 e. The Labute approximate surface area is 68.0 Å². The molecule has 0 amide bonds. The van der Waals surface area contributed by atoms with Gasteiger partial charge in [-0.05, 0) is 31.2 Å². The first kappa shape index (κ1) is 7.56. The van der Waals surface area contributed by atoms with Crippen molar-refractivity contribution in [3.63, 3.8) is 0 Å². The molecule has 64 valence electrons. The standard InChI is InChI=1S/C9H17NO/c11-9-6-10-5-7-3-1-2-4-8(7)9/h7-11H,1-6H2/t7-,8-,9+/m0/s1.